The van der Waals surface area contributed by atoms with Gasteiger partial charge in [-0.05, 0) is 41.7 Å². The molecule has 2 bridgehead atoms. The lowest BCUT2D eigenvalue weighted by Crippen LogP contribution is -2.57. The summed E-state index contributed by atoms with van der Waals surface area (Å²) in [5.74, 6) is -2.60. The highest BCUT2D eigenvalue weighted by atomic mass is 31.2. The fraction of sp³-hybridized carbons (Fsp3) is 0.389. The van der Waals surface area contributed by atoms with Crippen LogP contribution in [0.4, 0.5) is 4.79 Å². The Morgan fingerprint density at radius 2 is 1.65 bits per heavy atom. The number of benzene rings is 2. The molecule has 3 aliphatic rings. The summed E-state index contributed by atoms with van der Waals surface area (Å²) in [6.07, 6.45) is 3.01. The van der Waals surface area contributed by atoms with E-state index in [9.17, 15) is 28.8 Å². The first kappa shape index (κ1) is 35.8. The maximum atomic E-state index is 14.9. The number of aliphatic hydroxyl groups is 1. The summed E-state index contributed by atoms with van der Waals surface area (Å²) in [5.41, 5.74) is 2.20. The number of carbonyl (C=O) groups excluding carboxylic acids is 4. The number of allylic oxidation sites excluding steroid dienone is 4. The average Bonchev–Trinajstić information content (AvgIpc) is 3.38. The molecule has 2 aromatic carbocycles. The Labute approximate surface area is 285 Å². The van der Waals surface area contributed by atoms with Gasteiger partial charge in [-0.1, -0.05) is 92.7 Å². The number of ether oxygens (including phenoxy) is 3. The number of alkyl carbamates (subject to hydrolysis) is 1. The van der Waals surface area contributed by atoms with Crippen LogP contribution in [0.15, 0.2) is 90.0 Å². The van der Waals surface area contributed by atoms with Gasteiger partial charge in [-0.3, -0.25) is 24.3 Å². The minimum atomic E-state index is -4.27. The van der Waals surface area contributed by atoms with E-state index in [4.69, 9.17) is 14.2 Å². The summed E-state index contributed by atoms with van der Waals surface area (Å²) >= 11 is 0. The summed E-state index contributed by atoms with van der Waals surface area (Å²) < 4.78 is 31.7. The van der Waals surface area contributed by atoms with Crippen LogP contribution < -0.4 is 5.32 Å². The monoisotopic (exact) mass is 691 g/mol. The second-order valence-corrected chi connectivity index (χ2v) is 15.8. The standard InChI is InChI=1S/C36H42N3O9P/c1-23(2)33(41)47-25(4)48-35(43)37-36(5,44)49(45)19-18-32(40)39(49)38(24(3)34(42)46-22-26-12-8-6-9-13-26)21-31-28-16-17-29(30(31)20-28)27-14-10-7-11-15-27/h6-17,20,23-25,31,44H,18-19,21-22H2,1-5H3,(H,37,43). The van der Waals surface area contributed by atoms with E-state index in [1.165, 1.54) is 11.9 Å². The first-order valence-electron chi connectivity index (χ1n) is 16.2. The molecule has 260 valence electrons. The maximum absolute atomic E-state index is 14.9. The Kier molecular flexibility index (Phi) is 10.6. The first-order chi connectivity index (χ1) is 23.2. The van der Waals surface area contributed by atoms with Gasteiger partial charge in [0.2, 0.25) is 25.0 Å². The van der Waals surface area contributed by atoms with Crippen LogP contribution in [0.2, 0.25) is 0 Å². The fourth-order valence-corrected chi connectivity index (χ4v) is 8.76. The molecule has 13 heteroatoms. The highest BCUT2D eigenvalue weighted by Crippen LogP contribution is 2.64. The Balaban J connectivity index is 1.41. The Hall–Kier alpha value is -4.51. The Morgan fingerprint density at radius 1 is 1.00 bits per heavy atom. The van der Waals surface area contributed by atoms with Crippen molar-refractivity contribution in [1.29, 1.82) is 0 Å². The summed E-state index contributed by atoms with van der Waals surface area (Å²) in [5, 5.41) is 15.3. The highest BCUT2D eigenvalue weighted by molar-refractivity contribution is 7.64. The number of esters is 2. The second kappa shape index (κ2) is 14.5. The number of amides is 2. The predicted molar refractivity (Wildman–Crippen MR) is 181 cm³/mol. The number of hydrazine groups is 1. The second-order valence-electron chi connectivity index (χ2n) is 12.7. The van der Waals surface area contributed by atoms with E-state index in [0.29, 0.717) is 0 Å². The SMILES string of the molecule is CC(OC(=O)NC(C)(O)P1(=O)CCC(=O)N1N(CC1c2ccc(-c3ccccc3)c1c2)C(C)C(=O)OCc1ccccc1)OC(=O)C(C)C. The molecule has 5 rings (SSSR count). The summed E-state index contributed by atoms with van der Waals surface area (Å²) in [6.45, 7) is 7.26. The number of nitrogens with one attached hydrogen (secondary N) is 1. The van der Waals surface area contributed by atoms with Gasteiger partial charge < -0.3 is 19.3 Å². The minimum Gasteiger partial charge on any atom is -0.460 e. The van der Waals surface area contributed by atoms with Crippen molar-refractivity contribution < 1.29 is 43.1 Å². The van der Waals surface area contributed by atoms with Crippen molar-refractivity contribution in [3.8, 4) is 0 Å². The number of carbonyl (C=O) groups is 4. The van der Waals surface area contributed by atoms with E-state index in [0.717, 1.165) is 39.5 Å². The third kappa shape index (κ3) is 7.56. The molecule has 5 atom stereocenters. The van der Waals surface area contributed by atoms with Gasteiger partial charge in [-0.15, -0.1) is 0 Å². The van der Waals surface area contributed by atoms with Crippen LogP contribution in [0.3, 0.4) is 0 Å². The van der Waals surface area contributed by atoms with Crippen LogP contribution in [-0.2, 0) is 39.8 Å². The summed E-state index contributed by atoms with van der Waals surface area (Å²) in [7, 11) is -4.27. The number of fused-ring (bicyclic) bond motifs is 2. The molecule has 2 N–H and O–H groups in total. The normalized spacial score (nSPS) is 22.2. The molecule has 1 fully saturated rings. The van der Waals surface area contributed by atoms with Gasteiger partial charge in [0.1, 0.15) is 12.6 Å². The molecule has 1 aliphatic heterocycles. The highest BCUT2D eigenvalue weighted by Gasteiger charge is 2.58. The zero-order valence-corrected chi connectivity index (χ0v) is 29.1. The van der Waals surface area contributed by atoms with Crippen LogP contribution in [0, 0.1) is 11.8 Å². The average molecular weight is 692 g/mol. The van der Waals surface area contributed by atoms with E-state index in [1.807, 2.05) is 78.9 Å². The van der Waals surface area contributed by atoms with Crippen molar-refractivity contribution in [3.63, 3.8) is 0 Å². The molecule has 0 spiro atoms. The van der Waals surface area contributed by atoms with E-state index in [-0.39, 0.29) is 31.7 Å². The summed E-state index contributed by atoms with van der Waals surface area (Å²) in [6, 6.07) is 17.8. The molecule has 5 unspecified atom stereocenters. The van der Waals surface area contributed by atoms with Crippen molar-refractivity contribution in [2.75, 3.05) is 12.7 Å². The number of hydrogen-bond acceptors (Lipinski definition) is 10. The van der Waals surface area contributed by atoms with Crippen molar-refractivity contribution in [2.45, 2.75) is 65.4 Å². The van der Waals surface area contributed by atoms with Gasteiger partial charge >= 0.3 is 18.0 Å². The van der Waals surface area contributed by atoms with E-state index in [1.54, 1.807) is 20.8 Å². The maximum Gasteiger partial charge on any atom is 0.412 e. The van der Waals surface area contributed by atoms with Crippen molar-refractivity contribution in [3.05, 3.63) is 101 Å². The smallest absolute Gasteiger partial charge is 0.412 e. The lowest BCUT2D eigenvalue weighted by atomic mass is 9.70. The van der Waals surface area contributed by atoms with Gasteiger partial charge in [-0.25, -0.2) is 9.57 Å². The molecule has 1 saturated heterocycles. The number of hydrogen-bond donors (Lipinski definition) is 2. The summed E-state index contributed by atoms with van der Waals surface area (Å²) in [4.78, 5) is 52.1. The molecule has 49 heavy (non-hydrogen) atoms. The third-order valence-corrected chi connectivity index (χ3v) is 12.1. The molecule has 0 radical (unpaired) electrons. The quantitative estimate of drug-likeness (QED) is 0.160. The molecule has 0 saturated carbocycles. The van der Waals surface area contributed by atoms with Crippen LogP contribution >= 0.6 is 7.29 Å². The van der Waals surface area contributed by atoms with E-state index >= 15 is 0 Å². The van der Waals surface area contributed by atoms with Gasteiger partial charge in [0.15, 0.2) is 0 Å². The molecule has 0 aromatic heterocycles. The minimum absolute atomic E-state index is 0.0191. The van der Waals surface area contributed by atoms with Crippen LogP contribution in [-0.4, -0.2) is 69.3 Å². The molecule has 2 aromatic rings. The first-order valence-corrected chi connectivity index (χ1v) is 18.1. The predicted octanol–water partition coefficient (Wildman–Crippen LogP) is 5.36. The largest absolute Gasteiger partial charge is 0.460 e. The van der Waals surface area contributed by atoms with Crippen LogP contribution in [0.5, 0.6) is 0 Å². The Morgan fingerprint density at radius 3 is 2.29 bits per heavy atom. The van der Waals surface area contributed by atoms with Crippen LogP contribution in [0.1, 0.15) is 52.2 Å². The van der Waals surface area contributed by atoms with Crippen LogP contribution in [0.25, 0.3) is 5.57 Å². The molecular weight excluding hydrogens is 649 g/mol. The number of nitrogens with zero attached hydrogens (tertiary/aromatic N) is 2. The van der Waals surface area contributed by atoms with Crippen molar-refractivity contribution in [2.24, 2.45) is 11.8 Å². The number of rotatable bonds is 13. The third-order valence-electron chi connectivity index (χ3n) is 8.77. The van der Waals surface area contributed by atoms with Gasteiger partial charge in [0.05, 0.1) is 5.92 Å². The molecule has 2 amide bonds. The molecule has 1 heterocycles. The van der Waals surface area contributed by atoms with E-state index in [2.05, 4.69) is 5.32 Å². The van der Waals surface area contributed by atoms with Gasteiger partial charge in [-0.2, -0.15) is 5.01 Å². The fourth-order valence-electron chi connectivity index (χ4n) is 5.95. The van der Waals surface area contributed by atoms with Gasteiger partial charge in [0, 0.05) is 32.0 Å². The zero-order valence-electron chi connectivity index (χ0n) is 28.2. The van der Waals surface area contributed by atoms with Gasteiger partial charge in [0.25, 0.3) is 0 Å². The van der Waals surface area contributed by atoms with Crippen molar-refractivity contribution in [1.82, 2.24) is 15.1 Å². The molecule has 12 nitrogen and oxygen atoms in total. The lowest BCUT2D eigenvalue weighted by Gasteiger charge is -2.46. The lowest BCUT2D eigenvalue weighted by molar-refractivity contribution is -0.169. The van der Waals surface area contributed by atoms with E-state index < -0.39 is 54.9 Å². The molecule has 2 aliphatic carbocycles. The van der Waals surface area contributed by atoms with Crippen molar-refractivity contribution >= 4 is 36.8 Å². The Bertz CT molecular complexity index is 1730. The zero-order chi connectivity index (χ0) is 35.5. The molecular formula is C36H42N3O9P. The topological polar surface area (TPSA) is 152 Å².